The van der Waals surface area contributed by atoms with Crippen molar-refractivity contribution in [2.75, 3.05) is 6.61 Å². The van der Waals surface area contributed by atoms with E-state index in [4.69, 9.17) is 8.83 Å². The maximum atomic E-state index is 12.5. The molecule has 23 heavy (non-hydrogen) atoms. The van der Waals surface area contributed by atoms with Gasteiger partial charge >= 0.3 is 5.63 Å². The fraction of sp³-hybridized carbons (Fsp3) is 0.176. The van der Waals surface area contributed by atoms with Gasteiger partial charge in [0.1, 0.15) is 22.9 Å². The van der Waals surface area contributed by atoms with Crippen LogP contribution in [0.2, 0.25) is 0 Å². The smallest absolute Gasteiger partial charge is 0.349 e. The Kier molecular flexibility index (Phi) is 3.99. The van der Waals surface area contributed by atoms with Crippen molar-refractivity contribution in [3.8, 4) is 0 Å². The number of carbonyl (C=O) groups excluding carboxylic acids is 1. The molecule has 0 bridgehead atoms. The zero-order valence-corrected chi connectivity index (χ0v) is 12.4. The van der Waals surface area contributed by atoms with Crippen LogP contribution in [-0.4, -0.2) is 17.6 Å². The molecule has 2 aromatic heterocycles. The quantitative estimate of drug-likeness (QED) is 0.720. The van der Waals surface area contributed by atoms with E-state index >= 15 is 0 Å². The second-order valence-electron chi connectivity index (χ2n) is 5.11. The highest BCUT2D eigenvalue weighted by Gasteiger charge is 2.22. The molecule has 1 unspecified atom stereocenters. The first-order valence-corrected chi connectivity index (χ1v) is 7.09. The number of amides is 1. The van der Waals surface area contributed by atoms with E-state index in [0.29, 0.717) is 22.3 Å². The van der Waals surface area contributed by atoms with Gasteiger partial charge < -0.3 is 19.3 Å². The van der Waals surface area contributed by atoms with E-state index in [9.17, 15) is 14.7 Å². The molecule has 0 spiro atoms. The lowest BCUT2D eigenvalue weighted by atomic mass is 10.1. The summed E-state index contributed by atoms with van der Waals surface area (Å²) in [4.78, 5) is 24.6. The molecule has 118 valence electrons. The molecule has 0 aliphatic heterocycles. The number of furan rings is 1. The first-order valence-electron chi connectivity index (χ1n) is 7.09. The minimum Gasteiger partial charge on any atom is -0.467 e. The van der Waals surface area contributed by atoms with Crippen molar-refractivity contribution >= 4 is 16.9 Å². The highest BCUT2D eigenvalue weighted by molar-refractivity contribution is 5.99. The third-order valence-electron chi connectivity index (χ3n) is 3.67. The van der Waals surface area contributed by atoms with E-state index in [1.54, 1.807) is 43.3 Å². The molecular formula is C17H15NO5. The normalized spacial score (nSPS) is 12.3. The Morgan fingerprint density at radius 2 is 2.04 bits per heavy atom. The van der Waals surface area contributed by atoms with E-state index in [0.717, 1.165) is 0 Å². The van der Waals surface area contributed by atoms with Crippen LogP contribution in [-0.2, 0) is 0 Å². The molecule has 0 aliphatic carbocycles. The molecule has 0 fully saturated rings. The summed E-state index contributed by atoms with van der Waals surface area (Å²) >= 11 is 0. The Hall–Kier alpha value is -2.86. The topological polar surface area (TPSA) is 92.7 Å². The molecule has 0 saturated carbocycles. The molecule has 3 aromatic rings. The molecule has 0 aliphatic rings. The van der Waals surface area contributed by atoms with Gasteiger partial charge in [0.05, 0.1) is 12.9 Å². The summed E-state index contributed by atoms with van der Waals surface area (Å²) in [6.07, 6.45) is 1.44. The number of nitrogens with one attached hydrogen (secondary N) is 1. The Morgan fingerprint density at radius 3 is 2.74 bits per heavy atom. The van der Waals surface area contributed by atoms with Crippen LogP contribution < -0.4 is 10.9 Å². The lowest BCUT2D eigenvalue weighted by Crippen LogP contribution is -2.34. The number of hydrogen-bond donors (Lipinski definition) is 2. The summed E-state index contributed by atoms with van der Waals surface area (Å²) in [5, 5.41) is 12.7. The number of aliphatic hydroxyl groups is 1. The zero-order chi connectivity index (χ0) is 16.4. The fourth-order valence-corrected chi connectivity index (χ4v) is 2.49. The highest BCUT2D eigenvalue weighted by atomic mass is 16.4. The van der Waals surface area contributed by atoms with Gasteiger partial charge in [0, 0.05) is 5.39 Å². The van der Waals surface area contributed by atoms with Crippen molar-refractivity contribution in [3.05, 3.63) is 70.0 Å². The van der Waals surface area contributed by atoms with E-state index in [2.05, 4.69) is 5.32 Å². The van der Waals surface area contributed by atoms with Gasteiger partial charge in [-0.1, -0.05) is 18.2 Å². The molecule has 3 rings (SSSR count). The summed E-state index contributed by atoms with van der Waals surface area (Å²) in [6, 6.07) is 9.56. The van der Waals surface area contributed by atoms with E-state index in [-0.39, 0.29) is 12.2 Å². The summed E-state index contributed by atoms with van der Waals surface area (Å²) in [6.45, 7) is 1.34. The Morgan fingerprint density at radius 1 is 1.26 bits per heavy atom. The summed E-state index contributed by atoms with van der Waals surface area (Å²) < 4.78 is 10.4. The van der Waals surface area contributed by atoms with E-state index < -0.39 is 17.6 Å². The predicted molar refractivity (Wildman–Crippen MR) is 83.2 cm³/mol. The number of aryl methyl sites for hydroxylation is 1. The summed E-state index contributed by atoms with van der Waals surface area (Å²) in [7, 11) is 0. The standard InChI is InChI=1S/C17H15NO5/c1-10-11-5-2-3-6-13(11)23-17(21)15(10)16(20)18-12(9-19)14-7-4-8-22-14/h2-8,12,19H,9H2,1H3,(H,18,20). The third kappa shape index (κ3) is 2.76. The fourth-order valence-electron chi connectivity index (χ4n) is 2.49. The molecule has 1 amide bonds. The molecule has 1 aromatic carbocycles. The molecule has 0 saturated heterocycles. The lowest BCUT2D eigenvalue weighted by molar-refractivity contribution is 0.0903. The van der Waals surface area contributed by atoms with Crippen LogP contribution in [0.5, 0.6) is 0 Å². The average molecular weight is 313 g/mol. The van der Waals surface area contributed by atoms with Gasteiger partial charge in [-0.05, 0) is 30.7 Å². The van der Waals surface area contributed by atoms with Gasteiger partial charge in [-0.3, -0.25) is 4.79 Å². The van der Waals surface area contributed by atoms with Crippen LogP contribution in [0.15, 0.2) is 56.3 Å². The van der Waals surface area contributed by atoms with Gasteiger partial charge in [0.2, 0.25) is 0 Å². The van der Waals surface area contributed by atoms with Crippen molar-refractivity contribution in [1.29, 1.82) is 0 Å². The van der Waals surface area contributed by atoms with Crippen molar-refractivity contribution in [2.24, 2.45) is 0 Å². The van der Waals surface area contributed by atoms with Crippen LogP contribution in [0, 0.1) is 6.92 Å². The monoisotopic (exact) mass is 313 g/mol. The SMILES string of the molecule is Cc1c(C(=O)NC(CO)c2ccco2)c(=O)oc2ccccc12. The maximum Gasteiger partial charge on any atom is 0.349 e. The number of para-hydroxylation sites is 1. The molecule has 2 N–H and O–H groups in total. The lowest BCUT2D eigenvalue weighted by Gasteiger charge is -2.14. The molecule has 2 heterocycles. The molecular weight excluding hydrogens is 298 g/mol. The van der Waals surface area contributed by atoms with Crippen molar-refractivity contribution < 1.29 is 18.7 Å². The molecule has 6 heteroatoms. The van der Waals surface area contributed by atoms with Gasteiger partial charge in [-0.2, -0.15) is 0 Å². The minimum absolute atomic E-state index is 0.0753. The Labute approximate surface area is 131 Å². The third-order valence-corrected chi connectivity index (χ3v) is 3.67. The zero-order valence-electron chi connectivity index (χ0n) is 12.4. The van der Waals surface area contributed by atoms with Gasteiger partial charge in [0.15, 0.2) is 0 Å². The molecule has 6 nitrogen and oxygen atoms in total. The number of carbonyl (C=O) groups is 1. The summed E-state index contributed by atoms with van der Waals surface area (Å²) in [5.74, 6) is -0.207. The van der Waals surface area contributed by atoms with Gasteiger partial charge in [0.25, 0.3) is 5.91 Å². The number of hydrogen-bond acceptors (Lipinski definition) is 5. The van der Waals surface area contributed by atoms with Gasteiger partial charge in [-0.25, -0.2) is 4.79 Å². The first kappa shape index (κ1) is 15.1. The Balaban J connectivity index is 1.99. The first-order chi connectivity index (χ1) is 11.1. The maximum absolute atomic E-state index is 12.5. The van der Waals surface area contributed by atoms with Crippen LogP contribution in [0.4, 0.5) is 0 Å². The second-order valence-corrected chi connectivity index (χ2v) is 5.11. The minimum atomic E-state index is -0.734. The highest BCUT2D eigenvalue weighted by Crippen LogP contribution is 2.20. The molecule has 0 radical (unpaired) electrons. The van der Waals surface area contributed by atoms with E-state index in [1.165, 1.54) is 6.26 Å². The van der Waals surface area contributed by atoms with E-state index in [1.807, 2.05) is 0 Å². The molecule has 1 atom stereocenters. The van der Waals surface area contributed by atoms with Crippen molar-refractivity contribution in [1.82, 2.24) is 5.32 Å². The number of aliphatic hydroxyl groups excluding tert-OH is 1. The van der Waals surface area contributed by atoms with Crippen molar-refractivity contribution in [2.45, 2.75) is 13.0 Å². The number of fused-ring (bicyclic) bond motifs is 1. The average Bonchev–Trinajstić information content (AvgIpc) is 3.07. The Bertz CT molecular complexity index is 895. The van der Waals surface area contributed by atoms with Crippen molar-refractivity contribution in [3.63, 3.8) is 0 Å². The van der Waals surface area contributed by atoms with Crippen LogP contribution >= 0.6 is 0 Å². The largest absolute Gasteiger partial charge is 0.467 e. The van der Waals surface area contributed by atoms with Crippen LogP contribution in [0.3, 0.4) is 0 Å². The number of rotatable bonds is 4. The summed E-state index contributed by atoms with van der Waals surface area (Å²) in [5.41, 5.74) is 0.172. The second kappa shape index (κ2) is 6.10. The van der Waals surface area contributed by atoms with Crippen LogP contribution in [0.25, 0.3) is 11.0 Å². The number of benzene rings is 1. The predicted octanol–water partition coefficient (Wildman–Crippen LogP) is 2.16. The van der Waals surface area contributed by atoms with Crippen LogP contribution in [0.1, 0.15) is 27.7 Å². The van der Waals surface area contributed by atoms with Gasteiger partial charge in [-0.15, -0.1) is 0 Å².